The molecule has 27 heavy (non-hydrogen) atoms. The summed E-state index contributed by atoms with van der Waals surface area (Å²) >= 11 is 0. The van der Waals surface area contributed by atoms with Gasteiger partial charge in [-0.25, -0.2) is 4.99 Å². The number of esters is 1. The summed E-state index contributed by atoms with van der Waals surface area (Å²) < 4.78 is 10.1. The number of ether oxygens (including phenoxy) is 2. The molecule has 1 amide bonds. The standard InChI is InChI=1S/C21H20N2O4/c1-3-27-19(24)14-23-20(16-7-5-4-6-8-16)22-18(21(23)25)13-15-9-11-17(26-2)12-10-15/h4-13H,3,14H2,1-2H3/b18-13+. The van der Waals surface area contributed by atoms with E-state index in [0.717, 1.165) is 16.9 Å². The maximum Gasteiger partial charge on any atom is 0.326 e. The predicted octanol–water partition coefficient (Wildman–Crippen LogP) is 2.89. The normalized spacial score (nSPS) is 15.0. The largest absolute Gasteiger partial charge is 0.497 e. The molecule has 2 aromatic carbocycles. The van der Waals surface area contributed by atoms with Gasteiger partial charge in [0.15, 0.2) is 0 Å². The van der Waals surface area contributed by atoms with Crippen LogP contribution in [0.3, 0.4) is 0 Å². The molecule has 0 radical (unpaired) electrons. The average Bonchev–Trinajstić information content (AvgIpc) is 2.99. The minimum Gasteiger partial charge on any atom is -0.497 e. The summed E-state index contributed by atoms with van der Waals surface area (Å²) in [6.07, 6.45) is 1.69. The van der Waals surface area contributed by atoms with E-state index in [1.54, 1.807) is 20.1 Å². The number of amides is 1. The summed E-state index contributed by atoms with van der Waals surface area (Å²) in [5.41, 5.74) is 1.84. The first kappa shape index (κ1) is 18.4. The maximum atomic E-state index is 12.9. The highest BCUT2D eigenvalue weighted by molar-refractivity contribution is 6.20. The van der Waals surface area contributed by atoms with Crippen molar-refractivity contribution in [1.29, 1.82) is 0 Å². The lowest BCUT2D eigenvalue weighted by Gasteiger charge is -2.17. The summed E-state index contributed by atoms with van der Waals surface area (Å²) in [5.74, 6) is 0.360. The molecular formula is C21H20N2O4. The number of carbonyl (C=O) groups excluding carboxylic acids is 2. The third-order valence-electron chi connectivity index (χ3n) is 3.99. The third kappa shape index (κ3) is 4.23. The van der Waals surface area contributed by atoms with Crippen molar-refractivity contribution in [2.24, 2.45) is 4.99 Å². The van der Waals surface area contributed by atoms with Crippen molar-refractivity contribution in [3.8, 4) is 5.75 Å². The Kier molecular flexibility index (Phi) is 5.66. The van der Waals surface area contributed by atoms with E-state index in [-0.39, 0.29) is 24.8 Å². The number of amidine groups is 1. The van der Waals surface area contributed by atoms with Gasteiger partial charge in [0.1, 0.15) is 23.8 Å². The predicted molar refractivity (Wildman–Crippen MR) is 102 cm³/mol. The molecule has 0 atom stereocenters. The van der Waals surface area contributed by atoms with E-state index in [2.05, 4.69) is 4.99 Å². The molecular weight excluding hydrogens is 344 g/mol. The van der Waals surface area contributed by atoms with Gasteiger partial charge in [-0.05, 0) is 30.7 Å². The monoisotopic (exact) mass is 364 g/mol. The molecule has 0 spiro atoms. The first-order valence-electron chi connectivity index (χ1n) is 8.59. The fourth-order valence-corrected chi connectivity index (χ4v) is 2.70. The SMILES string of the molecule is CCOC(=O)CN1C(=O)/C(=C\c2ccc(OC)cc2)N=C1c1ccccc1. The zero-order valence-corrected chi connectivity index (χ0v) is 15.2. The van der Waals surface area contributed by atoms with E-state index in [1.165, 1.54) is 4.90 Å². The topological polar surface area (TPSA) is 68.2 Å². The average molecular weight is 364 g/mol. The summed E-state index contributed by atoms with van der Waals surface area (Å²) in [4.78, 5) is 30.7. The highest BCUT2D eigenvalue weighted by Crippen LogP contribution is 2.23. The van der Waals surface area contributed by atoms with Gasteiger partial charge in [0.25, 0.3) is 5.91 Å². The Hall–Kier alpha value is -3.41. The Labute approximate surface area is 157 Å². The smallest absolute Gasteiger partial charge is 0.326 e. The Morgan fingerprint density at radius 2 is 1.81 bits per heavy atom. The summed E-state index contributed by atoms with van der Waals surface area (Å²) in [6, 6.07) is 16.6. The van der Waals surface area contributed by atoms with Gasteiger partial charge in [0.2, 0.25) is 0 Å². The highest BCUT2D eigenvalue weighted by Gasteiger charge is 2.32. The minimum absolute atomic E-state index is 0.180. The fourth-order valence-electron chi connectivity index (χ4n) is 2.70. The van der Waals surface area contributed by atoms with Crippen LogP contribution in [-0.4, -0.2) is 42.9 Å². The number of nitrogens with zero attached hydrogens (tertiary/aromatic N) is 2. The Balaban J connectivity index is 1.95. The zero-order valence-electron chi connectivity index (χ0n) is 15.2. The molecule has 1 aliphatic rings. The highest BCUT2D eigenvalue weighted by atomic mass is 16.5. The molecule has 0 saturated carbocycles. The summed E-state index contributed by atoms with van der Waals surface area (Å²) in [6.45, 7) is 1.80. The maximum absolute atomic E-state index is 12.9. The molecule has 1 aliphatic heterocycles. The van der Waals surface area contributed by atoms with Gasteiger partial charge in [-0.2, -0.15) is 0 Å². The van der Waals surface area contributed by atoms with Gasteiger partial charge >= 0.3 is 5.97 Å². The van der Waals surface area contributed by atoms with Crippen molar-refractivity contribution < 1.29 is 19.1 Å². The lowest BCUT2D eigenvalue weighted by Crippen LogP contribution is -2.37. The number of rotatable bonds is 6. The van der Waals surface area contributed by atoms with E-state index in [0.29, 0.717) is 5.84 Å². The van der Waals surface area contributed by atoms with Crippen LogP contribution in [0.5, 0.6) is 5.75 Å². The fraction of sp³-hybridized carbons (Fsp3) is 0.190. The Morgan fingerprint density at radius 3 is 2.44 bits per heavy atom. The van der Waals surface area contributed by atoms with Gasteiger partial charge in [-0.3, -0.25) is 14.5 Å². The van der Waals surface area contributed by atoms with Crippen LogP contribution in [0.2, 0.25) is 0 Å². The second-order valence-electron chi connectivity index (χ2n) is 5.80. The first-order valence-corrected chi connectivity index (χ1v) is 8.59. The van der Waals surface area contributed by atoms with Crippen LogP contribution >= 0.6 is 0 Å². The van der Waals surface area contributed by atoms with E-state index < -0.39 is 5.97 Å². The third-order valence-corrected chi connectivity index (χ3v) is 3.99. The van der Waals surface area contributed by atoms with Crippen LogP contribution < -0.4 is 4.74 Å². The van der Waals surface area contributed by atoms with Crippen molar-refractivity contribution >= 4 is 23.8 Å². The molecule has 6 heteroatoms. The molecule has 138 valence electrons. The number of aliphatic imine (C=N–C) groups is 1. The van der Waals surface area contributed by atoms with Crippen LogP contribution in [0.15, 0.2) is 65.3 Å². The number of methoxy groups -OCH3 is 1. The van der Waals surface area contributed by atoms with Crippen molar-refractivity contribution in [3.63, 3.8) is 0 Å². The second-order valence-corrected chi connectivity index (χ2v) is 5.80. The number of hydrogen-bond acceptors (Lipinski definition) is 5. The number of carbonyl (C=O) groups is 2. The van der Waals surface area contributed by atoms with E-state index >= 15 is 0 Å². The second kappa shape index (κ2) is 8.31. The first-order chi connectivity index (χ1) is 13.1. The van der Waals surface area contributed by atoms with Gasteiger partial charge in [-0.1, -0.05) is 42.5 Å². The molecule has 0 saturated heterocycles. The van der Waals surface area contributed by atoms with E-state index in [1.807, 2.05) is 54.6 Å². The number of hydrogen-bond donors (Lipinski definition) is 0. The minimum atomic E-state index is -0.472. The van der Waals surface area contributed by atoms with Crippen LogP contribution in [0.1, 0.15) is 18.1 Å². The van der Waals surface area contributed by atoms with Gasteiger partial charge in [-0.15, -0.1) is 0 Å². The summed E-state index contributed by atoms with van der Waals surface area (Å²) in [7, 11) is 1.59. The lowest BCUT2D eigenvalue weighted by molar-refractivity contribution is -0.145. The van der Waals surface area contributed by atoms with Crippen molar-refractivity contribution in [1.82, 2.24) is 4.90 Å². The van der Waals surface area contributed by atoms with Crippen molar-refractivity contribution in [2.45, 2.75) is 6.92 Å². The molecule has 0 aliphatic carbocycles. The van der Waals surface area contributed by atoms with E-state index in [9.17, 15) is 9.59 Å². The lowest BCUT2D eigenvalue weighted by atomic mass is 10.2. The molecule has 0 bridgehead atoms. The Morgan fingerprint density at radius 1 is 1.11 bits per heavy atom. The molecule has 0 N–H and O–H groups in total. The molecule has 2 aromatic rings. The van der Waals surface area contributed by atoms with Gasteiger partial charge in [0.05, 0.1) is 13.7 Å². The molecule has 0 fully saturated rings. The van der Waals surface area contributed by atoms with E-state index in [4.69, 9.17) is 9.47 Å². The van der Waals surface area contributed by atoms with Crippen LogP contribution in [0, 0.1) is 0 Å². The van der Waals surface area contributed by atoms with Gasteiger partial charge in [0, 0.05) is 5.56 Å². The molecule has 0 aromatic heterocycles. The quantitative estimate of drug-likeness (QED) is 0.584. The number of benzene rings is 2. The van der Waals surface area contributed by atoms with Crippen molar-refractivity contribution in [2.75, 3.05) is 20.3 Å². The van der Waals surface area contributed by atoms with Crippen molar-refractivity contribution in [3.05, 3.63) is 71.4 Å². The molecule has 1 heterocycles. The van der Waals surface area contributed by atoms with Crippen LogP contribution in [0.4, 0.5) is 0 Å². The molecule has 3 rings (SSSR count). The summed E-state index contributed by atoms with van der Waals surface area (Å²) in [5, 5.41) is 0. The molecule has 6 nitrogen and oxygen atoms in total. The van der Waals surface area contributed by atoms with Crippen LogP contribution in [0.25, 0.3) is 6.08 Å². The van der Waals surface area contributed by atoms with Crippen LogP contribution in [-0.2, 0) is 14.3 Å². The Bertz CT molecular complexity index is 886. The van der Waals surface area contributed by atoms with Gasteiger partial charge < -0.3 is 9.47 Å². The molecule has 0 unspecified atom stereocenters. The zero-order chi connectivity index (χ0) is 19.2.